The fraction of sp³-hybridized carbons (Fsp3) is 0.400. The molecule has 1 unspecified atom stereocenters. The number of nitrogens with one attached hydrogen (secondary N) is 1. The molecule has 15 heavy (non-hydrogen) atoms. The molecule has 1 aromatic rings. The average Bonchev–Trinajstić information content (AvgIpc) is 2.14. The van der Waals surface area contributed by atoms with Gasteiger partial charge in [-0.2, -0.15) is 0 Å². The van der Waals surface area contributed by atoms with Crippen LogP contribution in [0.4, 0.5) is 11.4 Å². The van der Waals surface area contributed by atoms with E-state index in [4.69, 9.17) is 5.73 Å². The predicted molar refractivity (Wildman–Crippen MR) is 70.6 cm³/mol. The Bertz CT molecular complexity index is 357. The molecule has 0 aliphatic carbocycles. The Kier molecular flexibility index (Phi) is 5.11. The van der Waals surface area contributed by atoms with Crippen molar-refractivity contribution in [1.29, 1.82) is 0 Å². The Morgan fingerprint density at radius 1 is 1.53 bits per heavy atom. The quantitative estimate of drug-likeness (QED) is 0.646. The topological polar surface area (TPSA) is 55.1 Å². The van der Waals surface area contributed by atoms with Gasteiger partial charge >= 0.3 is 0 Å². The van der Waals surface area contributed by atoms with Gasteiger partial charge in [0, 0.05) is 45.2 Å². The Balaban J connectivity index is 2.40. The average molecular weight is 291 g/mol. The second kappa shape index (κ2) is 6.12. The van der Waals surface area contributed by atoms with Crippen LogP contribution in [0.25, 0.3) is 0 Å². The first-order valence-corrected chi connectivity index (χ1v) is 7.20. The van der Waals surface area contributed by atoms with Gasteiger partial charge in [0.25, 0.3) is 0 Å². The van der Waals surface area contributed by atoms with Gasteiger partial charge in [-0.15, -0.1) is 0 Å². The van der Waals surface area contributed by atoms with Gasteiger partial charge in [0.1, 0.15) is 0 Å². The molecule has 0 fully saturated rings. The highest BCUT2D eigenvalue weighted by atomic mass is 79.9. The lowest BCUT2D eigenvalue weighted by Crippen LogP contribution is -2.06. The maximum absolute atomic E-state index is 10.8. The third kappa shape index (κ3) is 4.66. The smallest absolute Gasteiger partial charge is 0.0486 e. The molecule has 0 amide bonds. The van der Waals surface area contributed by atoms with Gasteiger partial charge in [-0.3, -0.25) is 4.21 Å². The number of nitrogen functional groups attached to an aromatic ring is 1. The van der Waals surface area contributed by atoms with E-state index >= 15 is 0 Å². The van der Waals surface area contributed by atoms with Crippen LogP contribution >= 0.6 is 15.9 Å². The van der Waals surface area contributed by atoms with E-state index < -0.39 is 10.8 Å². The molecule has 1 rings (SSSR count). The van der Waals surface area contributed by atoms with Crippen LogP contribution in [0.15, 0.2) is 22.7 Å². The van der Waals surface area contributed by atoms with Crippen molar-refractivity contribution in [3.8, 4) is 0 Å². The highest BCUT2D eigenvalue weighted by molar-refractivity contribution is 9.10. The third-order valence-electron chi connectivity index (χ3n) is 1.92. The summed E-state index contributed by atoms with van der Waals surface area (Å²) in [7, 11) is -0.704. The minimum Gasteiger partial charge on any atom is -0.399 e. The van der Waals surface area contributed by atoms with E-state index in [0.717, 1.165) is 34.6 Å². The van der Waals surface area contributed by atoms with Crippen LogP contribution in [0.5, 0.6) is 0 Å². The predicted octanol–water partition coefficient (Wildman–Crippen LogP) is 2.21. The van der Waals surface area contributed by atoms with Crippen LogP contribution in [0, 0.1) is 0 Å². The molecule has 1 aromatic carbocycles. The van der Waals surface area contributed by atoms with Crippen molar-refractivity contribution in [2.24, 2.45) is 0 Å². The van der Waals surface area contributed by atoms with E-state index in [2.05, 4.69) is 21.2 Å². The molecule has 3 N–H and O–H groups in total. The van der Waals surface area contributed by atoms with Crippen molar-refractivity contribution < 1.29 is 4.21 Å². The van der Waals surface area contributed by atoms with E-state index in [1.165, 1.54) is 0 Å². The fourth-order valence-electron chi connectivity index (χ4n) is 1.17. The normalized spacial score (nSPS) is 12.4. The first kappa shape index (κ1) is 12.5. The Morgan fingerprint density at radius 2 is 2.27 bits per heavy atom. The van der Waals surface area contributed by atoms with Gasteiger partial charge in [0.15, 0.2) is 0 Å². The lowest BCUT2D eigenvalue weighted by atomic mass is 10.3. The van der Waals surface area contributed by atoms with Gasteiger partial charge in [-0.25, -0.2) is 0 Å². The molecule has 3 nitrogen and oxygen atoms in total. The Labute approximate surface area is 101 Å². The minimum absolute atomic E-state index is 0.704. The van der Waals surface area contributed by atoms with Gasteiger partial charge in [0.2, 0.25) is 0 Å². The zero-order chi connectivity index (χ0) is 11.3. The molecule has 84 valence electrons. The molecule has 0 saturated carbocycles. The van der Waals surface area contributed by atoms with Crippen LogP contribution in [0.3, 0.4) is 0 Å². The number of halogens is 1. The molecule has 0 bridgehead atoms. The van der Waals surface area contributed by atoms with Gasteiger partial charge in [-0.05, 0) is 40.5 Å². The zero-order valence-corrected chi connectivity index (χ0v) is 11.0. The molecule has 0 aliphatic heterocycles. The van der Waals surface area contributed by atoms with E-state index in [-0.39, 0.29) is 0 Å². The van der Waals surface area contributed by atoms with Crippen LogP contribution in [-0.2, 0) is 10.8 Å². The molecular weight excluding hydrogens is 276 g/mol. The van der Waals surface area contributed by atoms with E-state index in [9.17, 15) is 4.21 Å². The van der Waals surface area contributed by atoms with Crippen LogP contribution in [-0.4, -0.2) is 22.8 Å². The van der Waals surface area contributed by atoms with Crippen molar-refractivity contribution in [3.05, 3.63) is 22.7 Å². The highest BCUT2D eigenvalue weighted by Crippen LogP contribution is 2.24. The first-order chi connectivity index (χ1) is 7.09. The number of benzene rings is 1. The second-order valence-electron chi connectivity index (χ2n) is 3.30. The SMILES string of the molecule is CS(=O)CCCNc1ccc(N)cc1Br. The Morgan fingerprint density at radius 3 is 2.87 bits per heavy atom. The number of hydrogen-bond donors (Lipinski definition) is 2. The molecule has 5 heteroatoms. The summed E-state index contributed by atoms with van der Waals surface area (Å²) >= 11 is 3.43. The largest absolute Gasteiger partial charge is 0.399 e. The first-order valence-electron chi connectivity index (χ1n) is 4.68. The highest BCUT2D eigenvalue weighted by Gasteiger charge is 1.99. The lowest BCUT2D eigenvalue weighted by Gasteiger charge is -2.08. The summed E-state index contributed by atoms with van der Waals surface area (Å²) in [5.74, 6) is 0.736. The lowest BCUT2D eigenvalue weighted by molar-refractivity contribution is 0.685. The third-order valence-corrected chi connectivity index (χ3v) is 3.44. The molecule has 0 saturated heterocycles. The van der Waals surface area contributed by atoms with Crippen molar-refractivity contribution in [1.82, 2.24) is 0 Å². The van der Waals surface area contributed by atoms with Crippen molar-refractivity contribution >= 4 is 38.1 Å². The zero-order valence-electron chi connectivity index (χ0n) is 8.63. The summed E-state index contributed by atoms with van der Waals surface area (Å²) in [6.07, 6.45) is 2.62. The van der Waals surface area contributed by atoms with Crippen molar-refractivity contribution in [2.75, 3.05) is 29.6 Å². The summed E-state index contributed by atoms with van der Waals surface area (Å²) in [4.78, 5) is 0. The van der Waals surface area contributed by atoms with Crippen LogP contribution < -0.4 is 11.1 Å². The number of nitrogens with two attached hydrogens (primary N) is 1. The van der Waals surface area contributed by atoms with Gasteiger partial charge in [0.05, 0.1) is 0 Å². The summed E-state index contributed by atoms with van der Waals surface area (Å²) < 4.78 is 11.8. The molecule has 0 heterocycles. The van der Waals surface area contributed by atoms with Crippen LogP contribution in [0.2, 0.25) is 0 Å². The fourth-order valence-corrected chi connectivity index (χ4v) is 2.26. The molecular formula is C10H15BrN2OS. The number of hydrogen-bond acceptors (Lipinski definition) is 3. The van der Waals surface area contributed by atoms with Crippen LogP contribution in [0.1, 0.15) is 6.42 Å². The van der Waals surface area contributed by atoms with Crippen molar-refractivity contribution in [3.63, 3.8) is 0 Å². The summed E-state index contributed by atoms with van der Waals surface area (Å²) in [6, 6.07) is 5.65. The molecule has 1 atom stereocenters. The van der Waals surface area contributed by atoms with Crippen molar-refractivity contribution in [2.45, 2.75) is 6.42 Å². The molecule has 0 aliphatic rings. The number of rotatable bonds is 5. The van der Waals surface area contributed by atoms with E-state index in [0.29, 0.717) is 0 Å². The number of anilines is 2. The molecule has 0 radical (unpaired) electrons. The summed E-state index contributed by atoms with van der Waals surface area (Å²) in [5, 5.41) is 3.26. The second-order valence-corrected chi connectivity index (χ2v) is 5.71. The monoisotopic (exact) mass is 290 g/mol. The minimum atomic E-state index is -0.704. The molecule has 0 spiro atoms. The summed E-state index contributed by atoms with van der Waals surface area (Å²) in [5.41, 5.74) is 7.38. The van der Waals surface area contributed by atoms with E-state index in [1.807, 2.05) is 18.2 Å². The van der Waals surface area contributed by atoms with Gasteiger partial charge in [-0.1, -0.05) is 0 Å². The standard InChI is InChI=1S/C10H15BrN2OS/c1-15(14)6-2-5-13-10-4-3-8(12)7-9(10)11/h3-4,7,13H,2,5-6,12H2,1H3. The molecule has 0 aromatic heterocycles. The van der Waals surface area contributed by atoms with E-state index in [1.54, 1.807) is 6.26 Å². The maximum atomic E-state index is 10.8. The Hall–Kier alpha value is -0.550. The maximum Gasteiger partial charge on any atom is 0.0486 e. The summed E-state index contributed by atoms with van der Waals surface area (Å²) in [6.45, 7) is 0.822. The van der Waals surface area contributed by atoms with Gasteiger partial charge < -0.3 is 11.1 Å².